The van der Waals surface area contributed by atoms with Crippen molar-refractivity contribution in [3.63, 3.8) is 0 Å². The molecule has 0 aromatic heterocycles. The van der Waals surface area contributed by atoms with Crippen molar-refractivity contribution in [2.45, 2.75) is 64.3 Å². The third-order valence-corrected chi connectivity index (χ3v) is 4.06. The fourth-order valence-electron chi connectivity index (χ4n) is 2.98. The van der Waals surface area contributed by atoms with E-state index in [4.69, 9.17) is 0 Å². The summed E-state index contributed by atoms with van der Waals surface area (Å²) in [5.74, 6) is 0. The first-order chi connectivity index (χ1) is 8.92. The number of rotatable bonds is 7. The van der Waals surface area contributed by atoms with Crippen LogP contribution in [-0.4, -0.2) is 6.54 Å². The van der Waals surface area contributed by atoms with Gasteiger partial charge in [0.1, 0.15) is 0 Å². The van der Waals surface area contributed by atoms with Crippen LogP contribution in [0, 0.1) is 0 Å². The molecule has 1 nitrogen and oxygen atoms in total. The third kappa shape index (κ3) is 3.84. The van der Waals surface area contributed by atoms with Gasteiger partial charge in [0.05, 0.1) is 0 Å². The molecule has 0 amide bonds. The van der Waals surface area contributed by atoms with Gasteiger partial charge in [-0.2, -0.15) is 0 Å². The van der Waals surface area contributed by atoms with Gasteiger partial charge >= 0.3 is 0 Å². The number of hydrogen-bond donors (Lipinski definition) is 1. The van der Waals surface area contributed by atoms with Gasteiger partial charge in [-0.05, 0) is 30.5 Å². The highest BCUT2D eigenvalue weighted by Gasteiger charge is 2.17. The van der Waals surface area contributed by atoms with E-state index in [-0.39, 0.29) is 0 Å². The molecule has 0 aliphatic carbocycles. The molecule has 100 valence electrons. The summed E-state index contributed by atoms with van der Waals surface area (Å²) in [4.78, 5) is 0. The Morgan fingerprint density at radius 1 is 1.06 bits per heavy atom. The quantitative estimate of drug-likeness (QED) is 0.691. The standard InChI is InChI=1S/C17H27N/c1-2-3-4-5-6-7-12-17-16-11-9-8-10-15(16)13-14-18-17/h8-11,17-18H,2-7,12-14H2,1H3. The maximum atomic E-state index is 3.68. The zero-order chi connectivity index (χ0) is 12.6. The SMILES string of the molecule is CCCCCCCCC1NCCc2ccccc21. The zero-order valence-corrected chi connectivity index (χ0v) is 11.8. The topological polar surface area (TPSA) is 12.0 Å². The second-order valence-corrected chi connectivity index (χ2v) is 5.51. The van der Waals surface area contributed by atoms with Crippen molar-refractivity contribution in [3.8, 4) is 0 Å². The molecule has 0 bridgehead atoms. The summed E-state index contributed by atoms with van der Waals surface area (Å²) in [5.41, 5.74) is 3.12. The molecule has 0 saturated heterocycles. The number of unbranched alkanes of at least 4 members (excludes halogenated alkanes) is 5. The Bertz CT molecular complexity index is 345. The summed E-state index contributed by atoms with van der Waals surface area (Å²) in [6.45, 7) is 3.43. The van der Waals surface area contributed by atoms with Crippen LogP contribution < -0.4 is 5.32 Å². The van der Waals surface area contributed by atoms with Gasteiger partial charge in [0, 0.05) is 6.04 Å². The van der Waals surface area contributed by atoms with Crippen molar-refractivity contribution in [2.75, 3.05) is 6.54 Å². The van der Waals surface area contributed by atoms with E-state index in [9.17, 15) is 0 Å². The van der Waals surface area contributed by atoms with E-state index in [1.54, 1.807) is 11.1 Å². The van der Waals surface area contributed by atoms with Crippen molar-refractivity contribution in [3.05, 3.63) is 35.4 Å². The van der Waals surface area contributed by atoms with Gasteiger partial charge in [0.2, 0.25) is 0 Å². The van der Waals surface area contributed by atoms with Crippen molar-refractivity contribution < 1.29 is 0 Å². The van der Waals surface area contributed by atoms with Gasteiger partial charge in [-0.25, -0.2) is 0 Å². The average molecular weight is 245 g/mol. The minimum absolute atomic E-state index is 0.612. The van der Waals surface area contributed by atoms with E-state index in [0.29, 0.717) is 6.04 Å². The Kier molecular flexibility index (Phi) is 5.73. The molecule has 1 heteroatoms. The van der Waals surface area contributed by atoms with Crippen LogP contribution in [0.1, 0.15) is 69.0 Å². The van der Waals surface area contributed by atoms with Crippen molar-refractivity contribution in [1.82, 2.24) is 5.32 Å². The first kappa shape index (κ1) is 13.6. The monoisotopic (exact) mass is 245 g/mol. The number of hydrogen-bond acceptors (Lipinski definition) is 1. The van der Waals surface area contributed by atoms with Crippen LogP contribution in [0.15, 0.2) is 24.3 Å². The molecule has 2 rings (SSSR count). The van der Waals surface area contributed by atoms with Crippen molar-refractivity contribution in [1.29, 1.82) is 0 Å². The van der Waals surface area contributed by atoms with E-state index in [2.05, 4.69) is 36.5 Å². The lowest BCUT2D eigenvalue weighted by molar-refractivity contribution is 0.448. The fraction of sp³-hybridized carbons (Fsp3) is 0.647. The predicted molar refractivity (Wildman–Crippen MR) is 78.9 cm³/mol. The molecule has 18 heavy (non-hydrogen) atoms. The Morgan fingerprint density at radius 2 is 1.83 bits per heavy atom. The second-order valence-electron chi connectivity index (χ2n) is 5.51. The third-order valence-electron chi connectivity index (χ3n) is 4.06. The highest BCUT2D eigenvalue weighted by atomic mass is 14.9. The first-order valence-corrected chi connectivity index (χ1v) is 7.73. The smallest absolute Gasteiger partial charge is 0.0323 e. The van der Waals surface area contributed by atoms with Gasteiger partial charge in [0.15, 0.2) is 0 Å². The summed E-state index contributed by atoms with van der Waals surface area (Å²) >= 11 is 0. The van der Waals surface area contributed by atoms with E-state index in [1.807, 2.05) is 0 Å². The Labute approximate surface area is 112 Å². The fourth-order valence-corrected chi connectivity index (χ4v) is 2.98. The number of fused-ring (bicyclic) bond motifs is 1. The van der Waals surface area contributed by atoms with Gasteiger partial charge < -0.3 is 5.32 Å². The molecule has 1 aliphatic rings. The lowest BCUT2D eigenvalue weighted by Crippen LogP contribution is -2.29. The van der Waals surface area contributed by atoms with E-state index in [1.165, 1.54) is 51.4 Å². The molecular formula is C17H27N. The largest absolute Gasteiger partial charge is 0.310 e. The minimum Gasteiger partial charge on any atom is -0.310 e. The summed E-state index contributed by atoms with van der Waals surface area (Å²) in [5, 5.41) is 3.68. The molecule has 0 radical (unpaired) electrons. The predicted octanol–water partition coefficient (Wildman–Crippen LogP) is 4.62. The molecule has 1 heterocycles. The highest BCUT2D eigenvalue weighted by Crippen LogP contribution is 2.26. The maximum absolute atomic E-state index is 3.68. The first-order valence-electron chi connectivity index (χ1n) is 7.73. The second kappa shape index (κ2) is 7.58. The lowest BCUT2D eigenvalue weighted by atomic mass is 9.91. The van der Waals surface area contributed by atoms with E-state index in [0.717, 1.165) is 6.54 Å². The molecule has 1 aliphatic heterocycles. The Morgan fingerprint density at radius 3 is 2.72 bits per heavy atom. The lowest BCUT2D eigenvalue weighted by Gasteiger charge is -2.27. The average Bonchev–Trinajstić information content (AvgIpc) is 2.43. The zero-order valence-electron chi connectivity index (χ0n) is 11.8. The van der Waals surface area contributed by atoms with Gasteiger partial charge in [-0.1, -0.05) is 69.7 Å². The van der Waals surface area contributed by atoms with Crippen LogP contribution in [-0.2, 0) is 6.42 Å². The van der Waals surface area contributed by atoms with E-state index < -0.39 is 0 Å². The summed E-state index contributed by atoms with van der Waals surface area (Å²) in [6, 6.07) is 9.57. The Hall–Kier alpha value is -0.820. The molecule has 1 aromatic rings. The number of nitrogens with one attached hydrogen (secondary N) is 1. The van der Waals surface area contributed by atoms with Gasteiger partial charge in [-0.15, -0.1) is 0 Å². The minimum atomic E-state index is 0.612. The van der Waals surface area contributed by atoms with Crippen LogP contribution in [0.4, 0.5) is 0 Å². The molecule has 0 saturated carbocycles. The van der Waals surface area contributed by atoms with Gasteiger partial charge in [-0.3, -0.25) is 0 Å². The normalized spacial score (nSPS) is 18.6. The Balaban J connectivity index is 1.74. The molecule has 1 N–H and O–H groups in total. The van der Waals surface area contributed by atoms with Crippen LogP contribution in [0.5, 0.6) is 0 Å². The van der Waals surface area contributed by atoms with Gasteiger partial charge in [0.25, 0.3) is 0 Å². The van der Waals surface area contributed by atoms with Crippen molar-refractivity contribution >= 4 is 0 Å². The molecule has 1 aromatic carbocycles. The van der Waals surface area contributed by atoms with Crippen molar-refractivity contribution in [2.24, 2.45) is 0 Å². The van der Waals surface area contributed by atoms with Crippen LogP contribution in [0.25, 0.3) is 0 Å². The molecule has 0 fully saturated rings. The summed E-state index contributed by atoms with van der Waals surface area (Å²) in [7, 11) is 0. The van der Waals surface area contributed by atoms with Crippen LogP contribution >= 0.6 is 0 Å². The molecule has 1 unspecified atom stereocenters. The van der Waals surface area contributed by atoms with Crippen LogP contribution in [0.2, 0.25) is 0 Å². The van der Waals surface area contributed by atoms with Crippen LogP contribution in [0.3, 0.4) is 0 Å². The highest BCUT2D eigenvalue weighted by molar-refractivity contribution is 5.32. The summed E-state index contributed by atoms with van der Waals surface area (Å²) < 4.78 is 0. The molecular weight excluding hydrogens is 218 g/mol. The maximum Gasteiger partial charge on any atom is 0.0323 e. The molecule has 0 spiro atoms. The summed E-state index contributed by atoms with van der Waals surface area (Å²) in [6.07, 6.45) is 10.9. The molecule has 1 atom stereocenters. The van der Waals surface area contributed by atoms with E-state index >= 15 is 0 Å². The number of benzene rings is 1.